The Kier molecular flexibility index (Phi) is 2.87. The predicted octanol–water partition coefficient (Wildman–Crippen LogP) is 2.28. The number of benzene rings is 3. The number of rotatable bonds is 2. The van der Waals surface area contributed by atoms with Gasteiger partial charge in [-0.25, -0.2) is 0 Å². The fourth-order valence-corrected chi connectivity index (χ4v) is 3.23. The smallest absolute Gasteiger partial charge is 0.320 e. The topological polar surface area (TPSA) is 40.5 Å². The van der Waals surface area contributed by atoms with Gasteiger partial charge in [0.25, 0.3) is 0 Å². The highest BCUT2D eigenvalue weighted by atomic mass is 28.3. The Hall–Kier alpha value is -1.68. The lowest BCUT2D eigenvalue weighted by Crippen LogP contribution is -2.15. The molecule has 0 saturated carbocycles. The first-order valence-electron chi connectivity index (χ1n) is 6.01. The molecule has 0 amide bonds. The van der Waals surface area contributed by atoms with E-state index in [0.29, 0.717) is 6.04 Å². The van der Waals surface area contributed by atoms with Crippen LogP contribution in [0.3, 0.4) is 0 Å². The average Bonchev–Trinajstić information content (AvgIpc) is 2.38. The third kappa shape index (κ3) is 1.93. The molecule has 2 N–H and O–H groups in total. The second-order valence-electron chi connectivity index (χ2n) is 4.48. The van der Waals surface area contributed by atoms with E-state index in [1.165, 1.54) is 16.2 Å². The Morgan fingerprint density at radius 2 is 1.50 bits per heavy atom. The van der Waals surface area contributed by atoms with Crippen LogP contribution in [0, 0.1) is 0 Å². The fraction of sp³-hybridized carbons (Fsp3) is 0.0667. The quantitative estimate of drug-likeness (QED) is 0.544. The second-order valence-corrected chi connectivity index (χ2v) is 5.85. The monoisotopic (exact) mass is 254 g/mol. The van der Waals surface area contributed by atoms with Gasteiger partial charge in [0.15, 0.2) is 0 Å². The first-order valence-corrected chi connectivity index (χ1v) is 7.86. The van der Waals surface area contributed by atoms with Crippen molar-refractivity contribution >= 4 is 30.8 Å². The van der Waals surface area contributed by atoms with E-state index in [1.807, 2.05) is 24.3 Å². The van der Waals surface area contributed by atoms with Gasteiger partial charge in [-0.3, -0.25) is 0 Å². The molecule has 90 valence electrons. The minimum atomic E-state index is -2.57. The average molecular weight is 254 g/mol. The molecule has 3 rings (SSSR count). The van der Waals surface area contributed by atoms with Crippen molar-refractivity contribution in [3.05, 3.63) is 60.2 Å². The van der Waals surface area contributed by atoms with E-state index in [9.17, 15) is 9.59 Å². The van der Waals surface area contributed by atoms with E-state index in [4.69, 9.17) is 0 Å². The molecule has 0 aliphatic carbocycles. The number of hydrogen-bond donors (Lipinski definition) is 2. The predicted molar refractivity (Wildman–Crippen MR) is 76.7 cm³/mol. The third-order valence-corrected chi connectivity index (χ3v) is 4.08. The maximum atomic E-state index is 9.27. The van der Waals surface area contributed by atoms with Crippen molar-refractivity contribution in [1.29, 1.82) is 0 Å². The zero-order valence-electron chi connectivity index (χ0n) is 9.88. The molecule has 2 nitrogen and oxygen atoms in total. The maximum Gasteiger partial charge on any atom is 0.320 e. The summed E-state index contributed by atoms with van der Waals surface area (Å²) in [7, 11) is -2.57. The minimum Gasteiger partial charge on any atom is -0.413 e. The SMILES string of the molecule is O[SiH](O)Cc1cccc2c1ccc1ccccc12. The van der Waals surface area contributed by atoms with Gasteiger partial charge >= 0.3 is 9.28 Å². The molecule has 3 heteroatoms. The molecule has 0 atom stereocenters. The third-order valence-electron chi connectivity index (χ3n) is 3.28. The van der Waals surface area contributed by atoms with Gasteiger partial charge < -0.3 is 9.59 Å². The summed E-state index contributed by atoms with van der Waals surface area (Å²) in [6.45, 7) is 0. The molecule has 0 saturated heterocycles. The molecular weight excluding hydrogens is 240 g/mol. The largest absolute Gasteiger partial charge is 0.413 e. The Morgan fingerprint density at radius 1 is 0.722 bits per heavy atom. The van der Waals surface area contributed by atoms with Crippen LogP contribution in [0.15, 0.2) is 54.6 Å². The molecule has 0 spiro atoms. The zero-order valence-corrected chi connectivity index (χ0v) is 11.0. The molecule has 0 aliphatic rings. The van der Waals surface area contributed by atoms with Crippen LogP contribution in [0.5, 0.6) is 0 Å². The van der Waals surface area contributed by atoms with E-state index < -0.39 is 9.28 Å². The minimum absolute atomic E-state index is 0.398. The van der Waals surface area contributed by atoms with Crippen LogP contribution in [0.25, 0.3) is 21.5 Å². The van der Waals surface area contributed by atoms with Crippen molar-refractivity contribution in [3.8, 4) is 0 Å². The number of fused-ring (bicyclic) bond motifs is 3. The summed E-state index contributed by atoms with van der Waals surface area (Å²) in [6.07, 6.45) is 0. The molecule has 18 heavy (non-hydrogen) atoms. The van der Waals surface area contributed by atoms with Crippen LogP contribution < -0.4 is 0 Å². The molecule has 0 unspecified atom stereocenters. The van der Waals surface area contributed by atoms with Crippen LogP contribution in [0.4, 0.5) is 0 Å². The molecule has 0 radical (unpaired) electrons. The van der Waals surface area contributed by atoms with Crippen LogP contribution in [0.2, 0.25) is 0 Å². The van der Waals surface area contributed by atoms with Crippen LogP contribution in [-0.4, -0.2) is 18.9 Å². The molecule has 3 aromatic carbocycles. The highest BCUT2D eigenvalue weighted by Gasteiger charge is 2.08. The van der Waals surface area contributed by atoms with E-state index in [-0.39, 0.29) is 0 Å². The van der Waals surface area contributed by atoms with E-state index in [0.717, 1.165) is 10.9 Å². The summed E-state index contributed by atoms with van der Waals surface area (Å²) in [5.41, 5.74) is 1.03. The van der Waals surface area contributed by atoms with Gasteiger partial charge in [-0.1, -0.05) is 54.6 Å². The van der Waals surface area contributed by atoms with Gasteiger partial charge in [0.05, 0.1) is 0 Å². The van der Waals surface area contributed by atoms with Gasteiger partial charge in [-0.05, 0) is 27.1 Å². The van der Waals surface area contributed by atoms with Crippen molar-refractivity contribution in [2.45, 2.75) is 6.04 Å². The van der Waals surface area contributed by atoms with Gasteiger partial charge in [-0.2, -0.15) is 0 Å². The fourth-order valence-electron chi connectivity index (χ4n) is 2.48. The zero-order chi connectivity index (χ0) is 12.5. The second kappa shape index (κ2) is 4.53. The van der Waals surface area contributed by atoms with Crippen LogP contribution >= 0.6 is 0 Å². The summed E-state index contributed by atoms with van der Waals surface area (Å²) >= 11 is 0. The van der Waals surface area contributed by atoms with Gasteiger partial charge in [0, 0.05) is 6.04 Å². The normalized spacial score (nSPS) is 11.5. The van der Waals surface area contributed by atoms with Crippen molar-refractivity contribution in [1.82, 2.24) is 0 Å². The van der Waals surface area contributed by atoms with E-state index in [1.54, 1.807) is 0 Å². The van der Waals surface area contributed by atoms with Crippen molar-refractivity contribution in [2.75, 3.05) is 0 Å². The number of hydrogen-bond acceptors (Lipinski definition) is 2. The maximum absolute atomic E-state index is 9.27. The van der Waals surface area contributed by atoms with Crippen LogP contribution in [-0.2, 0) is 6.04 Å². The molecule has 0 heterocycles. The molecular formula is C15H14O2Si. The highest BCUT2D eigenvalue weighted by Crippen LogP contribution is 2.27. The first kappa shape index (κ1) is 11.4. The highest BCUT2D eigenvalue weighted by molar-refractivity contribution is 6.40. The van der Waals surface area contributed by atoms with Gasteiger partial charge in [-0.15, -0.1) is 0 Å². The standard InChI is InChI=1S/C15H14O2Si/c16-18(17)10-12-5-3-7-15-13-6-2-1-4-11(13)8-9-14(12)15/h1-9,16-18H,10H2. The van der Waals surface area contributed by atoms with Crippen molar-refractivity contribution in [2.24, 2.45) is 0 Å². The van der Waals surface area contributed by atoms with E-state index >= 15 is 0 Å². The van der Waals surface area contributed by atoms with Gasteiger partial charge in [0.1, 0.15) is 0 Å². The lowest BCUT2D eigenvalue weighted by Gasteiger charge is -2.09. The molecule has 0 aliphatic heterocycles. The Labute approximate surface area is 107 Å². The first-order chi connectivity index (χ1) is 8.75. The van der Waals surface area contributed by atoms with Crippen molar-refractivity contribution < 1.29 is 9.59 Å². The Balaban J connectivity index is 2.32. The van der Waals surface area contributed by atoms with Crippen molar-refractivity contribution in [3.63, 3.8) is 0 Å². The Bertz CT molecular complexity index is 707. The molecule has 3 aromatic rings. The Morgan fingerprint density at radius 3 is 2.33 bits per heavy atom. The molecule has 0 bridgehead atoms. The van der Waals surface area contributed by atoms with E-state index in [2.05, 4.69) is 30.3 Å². The molecule has 0 fully saturated rings. The summed E-state index contributed by atoms with van der Waals surface area (Å²) in [5, 5.41) is 4.73. The lowest BCUT2D eigenvalue weighted by molar-refractivity contribution is 0.405. The summed E-state index contributed by atoms with van der Waals surface area (Å²) in [4.78, 5) is 18.5. The van der Waals surface area contributed by atoms with Gasteiger partial charge in [0.2, 0.25) is 0 Å². The summed E-state index contributed by atoms with van der Waals surface area (Å²) < 4.78 is 0. The van der Waals surface area contributed by atoms with Crippen LogP contribution in [0.1, 0.15) is 5.56 Å². The molecule has 0 aromatic heterocycles. The summed E-state index contributed by atoms with van der Waals surface area (Å²) in [6, 6.07) is 18.9. The lowest BCUT2D eigenvalue weighted by atomic mass is 9.99. The summed E-state index contributed by atoms with van der Waals surface area (Å²) in [5.74, 6) is 0.